The standard InChI is InChI=1S/C24H21NO6/c26-23(25-13-17-6-11-21-22(12-17)31-16-30-21)14-29-24(27)15-28-20-9-7-19(8-10-20)18-4-2-1-3-5-18/h1-12H,13-16H2,(H,25,26). The summed E-state index contributed by atoms with van der Waals surface area (Å²) in [7, 11) is 0. The van der Waals surface area contributed by atoms with Crippen molar-refractivity contribution in [1.82, 2.24) is 5.32 Å². The Labute approximate surface area is 179 Å². The third-order valence-electron chi connectivity index (χ3n) is 4.61. The largest absolute Gasteiger partial charge is 0.482 e. The first-order valence-corrected chi connectivity index (χ1v) is 9.76. The number of nitrogens with one attached hydrogen (secondary N) is 1. The molecule has 0 saturated heterocycles. The predicted molar refractivity (Wildman–Crippen MR) is 113 cm³/mol. The molecule has 1 heterocycles. The number of esters is 1. The summed E-state index contributed by atoms with van der Waals surface area (Å²) < 4.78 is 20.9. The van der Waals surface area contributed by atoms with Crippen molar-refractivity contribution >= 4 is 11.9 Å². The Hall–Kier alpha value is -4.00. The number of hydrogen-bond donors (Lipinski definition) is 1. The molecule has 3 aromatic rings. The van der Waals surface area contributed by atoms with E-state index in [0.717, 1.165) is 16.7 Å². The molecule has 0 aliphatic carbocycles. The molecule has 1 amide bonds. The van der Waals surface area contributed by atoms with Crippen molar-refractivity contribution < 1.29 is 28.5 Å². The van der Waals surface area contributed by atoms with Crippen LogP contribution in [0, 0.1) is 0 Å². The minimum atomic E-state index is -0.620. The quantitative estimate of drug-likeness (QED) is 0.564. The number of carbonyl (C=O) groups excluding carboxylic acids is 2. The highest BCUT2D eigenvalue weighted by molar-refractivity contribution is 5.80. The predicted octanol–water partition coefficient (Wildman–Crippen LogP) is 3.32. The summed E-state index contributed by atoms with van der Waals surface area (Å²) in [6.45, 7) is -0.169. The topological polar surface area (TPSA) is 83.1 Å². The van der Waals surface area contributed by atoms with Crippen LogP contribution in [0.2, 0.25) is 0 Å². The summed E-state index contributed by atoms with van der Waals surface area (Å²) in [6, 6.07) is 22.8. The molecule has 1 N–H and O–H groups in total. The van der Waals surface area contributed by atoms with E-state index >= 15 is 0 Å². The summed E-state index contributed by atoms with van der Waals surface area (Å²) in [4.78, 5) is 23.8. The molecule has 0 atom stereocenters. The maximum absolute atomic E-state index is 11.9. The Morgan fingerprint density at radius 1 is 0.839 bits per heavy atom. The van der Waals surface area contributed by atoms with E-state index in [9.17, 15) is 9.59 Å². The second-order valence-electron chi connectivity index (χ2n) is 6.80. The van der Waals surface area contributed by atoms with Crippen molar-refractivity contribution in [3.63, 3.8) is 0 Å². The number of rotatable bonds is 8. The molecule has 1 aliphatic heterocycles. The van der Waals surface area contributed by atoms with E-state index < -0.39 is 11.9 Å². The first kappa shape index (κ1) is 20.3. The van der Waals surface area contributed by atoms with Crippen LogP contribution in [0.1, 0.15) is 5.56 Å². The lowest BCUT2D eigenvalue weighted by molar-refractivity contribution is -0.150. The number of hydrogen-bond acceptors (Lipinski definition) is 6. The van der Waals surface area contributed by atoms with Gasteiger partial charge in [-0.3, -0.25) is 4.79 Å². The number of carbonyl (C=O) groups is 2. The van der Waals surface area contributed by atoms with E-state index in [2.05, 4.69) is 5.32 Å². The van der Waals surface area contributed by atoms with Gasteiger partial charge in [-0.25, -0.2) is 4.79 Å². The number of fused-ring (bicyclic) bond motifs is 1. The molecule has 1 aliphatic rings. The van der Waals surface area contributed by atoms with Gasteiger partial charge >= 0.3 is 5.97 Å². The van der Waals surface area contributed by atoms with Crippen molar-refractivity contribution in [2.75, 3.05) is 20.0 Å². The van der Waals surface area contributed by atoms with Gasteiger partial charge in [0.25, 0.3) is 5.91 Å². The smallest absolute Gasteiger partial charge is 0.344 e. The first-order valence-electron chi connectivity index (χ1n) is 9.76. The van der Waals surface area contributed by atoms with Crippen LogP contribution in [0.25, 0.3) is 11.1 Å². The fraction of sp³-hybridized carbons (Fsp3) is 0.167. The molecular formula is C24H21NO6. The number of benzene rings is 3. The lowest BCUT2D eigenvalue weighted by Crippen LogP contribution is -2.29. The molecule has 4 rings (SSSR count). The number of amides is 1. The van der Waals surface area contributed by atoms with Crippen molar-refractivity contribution in [2.24, 2.45) is 0 Å². The van der Waals surface area contributed by atoms with Crippen LogP contribution in [0.3, 0.4) is 0 Å². The zero-order valence-electron chi connectivity index (χ0n) is 16.7. The summed E-state index contributed by atoms with van der Waals surface area (Å²) in [6.07, 6.45) is 0. The van der Waals surface area contributed by atoms with Gasteiger partial charge in [0.2, 0.25) is 6.79 Å². The van der Waals surface area contributed by atoms with Gasteiger partial charge in [-0.2, -0.15) is 0 Å². The van der Waals surface area contributed by atoms with Crippen LogP contribution in [0.4, 0.5) is 0 Å². The molecule has 0 fully saturated rings. The lowest BCUT2D eigenvalue weighted by atomic mass is 10.1. The van der Waals surface area contributed by atoms with Crippen molar-refractivity contribution in [3.05, 3.63) is 78.4 Å². The average molecular weight is 419 g/mol. The summed E-state index contributed by atoms with van der Waals surface area (Å²) in [5.74, 6) is 0.846. The third kappa shape index (κ3) is 5.54. The van der Waals surface area contributed by atoms with Crippen molar-refractivity contribution in [1.29, 1.82) is 0 Å². The highest BCUT2D eigenvalue weighted by Crippen LogP contribution is 2.32. The molecule has 7 heteroatoms. The molecule has 158 valence electrons. The van der Waals surface area contributed by atoms with Crippen molar-refractivity contribution in [2.45, 2.75) is 6.54 Å². The fourth-order valence-corrected chi connectivity index (χ4v) is 3.01. The van der Waals surface area contributed by atoms with E-state index in [1.165, 1.54) is 0 Å². The first-order chi connectivity index (χ1) is 15.2. The molecule has 0 aromatic heterocycles. The van der Waals surface area contributed by atoms with Gasteiger partial charge in [0.05, 0.1) is 0 Å². The maximum atomic E-state index is 11.9. The van der Waals surface area contributed by atoms with Gasteiger partial charge in [0, 0.05) is 6.54 Å². The molecule has 3 aromatic carbocycles. The van der Waals surface area contributed by atoms with Crippen LogP contribution in [0.15, 0.2) is 72.8 Å². The maximum Gasteiger partial charge on any atom is 0.344 e. The molecule has 0 saturated carbocycles. The average Bonchev–Trinajstić information content (AvgIpc) is 3.29. The summed E-state index contributed by atoms with van der Waals surface area (Å²) in [5.41, 5.74) is 3.00. The highest BCUT2D eigenvalue weighted by Gasteiger charge is 2.14. The van der Waals surface area contributed by atoms with E-state index in [-0.39, 0.29) is 26.6 Å². The highest BCUT2D eigenvalue weighted by atomic mass is 16.7. The minimum Gasteiger partial charge on any atom is -0.482 e. The molecule has 7 nitrogen and oxygen atoms in total. The second kappa shape index (κ2) is 9.67. The monoisotopic (exact) mass is 419 g/mol. The van der Waals surface area contributed by atoms with Crippen LogP contribution >= 0.6 is 0 Å². The second-order valence-corrected chi connectivity index (χ2v) is 6.80. The lowest BCUT2D eigenvalue weighted by Gasteiger charge is -2.09. The van der Waals surface area contributed by atoms with Gasteiger partial charge in [0.15, 0.2) is 24.7 Å². The Balaban J connectivity index is 1.16. The molecule has 0 bridgehead atoms. The Bertz CT molecular complexity index is 1050. The van der Waals surface area contributed by atoms with Crippen LogP contribution < -0.4 is 19.5 Å². The van der Waals surface area contributed by atoms with E-state index in [0.29, 0.717) is 17.2 Å². The van der Waals surface area contributed by atoms with Gasteiger partial charge in [-0.15, -0.1) is 0 Å². The Morgan fingerprint density at radius 3 is 2.39 bits per heavy atom. The van der Waals surface area contributed by atoms with Gasteiger partial charge < -0.3 is 24.3 Å². The molecule has 31 heavy (non-hydrogen) atoms. The SMILES string of the molecule is O=C(COC(=O)COc1ccc(-c2ccccc2)cc1)NCc1ccc2c(c1)OCO2. The van der Waals surface area contributed by atoms with E-state index in [1.54, 1.807) is 24.3 Å². The zero-order valence-corrected chi connectivity index (χ0v) is 16.7. The number of ether oxygens (including phenoxy) is 4. The van der Waals surface area contributed by atoms with Crippen LogP contribution in [-0.4, -0.2) is 31.9 Å². The van der Waals surface area contributed by atoms with E-state index in [1.807, 2.05) is 48.5 Å². The zero-order chi connectivity index (χ0) is 21.5. The fourth-order valence-electron chi connectivity index (χ4n) is 3.01. The van der Waals surface area contributed by atoms with Gasteiger partial charge in [-0.05, 0) is 41.0 Å². The van der Waals surface area contributed by atoms with Crippen LogP contribution in [0.5, 0.6) is 17.2 Å². The van der Waals surface area contributed by atoms with Crippen molar-refractivity contribution in [3.8, 4) is 28.4 Å². The van der Waals surface area contributed by atoms with Gasteiger partial charge in [-0.1, -0.05) is 48.5 Å². The molecular weight excluding hydrogens is 398 g/mol. The molecule has 0 unspecified atom stereocenters. The van der Waals surface area contributed by atoms with Crippen LogP contribution in [-0.2, 0) is 20.9 Å². The summed E-state index contributed by atoms with van der Waals surface area (Å²) in [5, 5.41) is 2.69. The Morgan fingerprint density at radius 2 is 1.58 bits per heavy atom. The van der Waals surface area contributed by atoms with Gasteiger partial charge in [0.1, 0.15) is 5.75 Å². The van der Waals surface area contributed by atoms with E-state index in [4.69, 9.17) is 18.9 Å². The Kier molecular flexibility index (Phi) is 6.32. The molecule has 0 spiro atoms. The minimum absolute atomic E-state index is 0.195. The third-order valence-corrected chi connectivity index (χ3v) is 4.61. The normalized spacial score (nSPS) is 11.6. The molecule has 0 radical (unpaired) electrons. The summed E-state index contributed by atoms with van der Waals surface area (Å²) >= 11 is 0.